The lowest BCUT2D eigenvalue weighted by atomic mass is 10.1. The number of hydrogen-bond acceptors (Lipinski definition) is 1. The van der Waals surface area contributed by atoms with Crippen molar-refractivity contribution in [3.63, 3.8) is 0 Å². The van der Waals surface area contributed by atoms with Gasteiger partial charge in [-0.05, 0) is 47.0 Å². The van der Waals surface area contributed by atoms with Gasteiger partial charge in [0.05, 0.1) is 0 Å². The lowest BCUT2D eigenvalue weighted by Gasteiger charge is -2.10. The highest BCUT2D eigenvalue weighted by Crippen LogP contribution is 2.42. The first-order chi connectivity index (χ1) is 11.4. The van der Waals surface area contributed by atoms with Crippen LogP contribution in [0.1, 0.15) is 11.1 Å². The monoisotopic (exact) mass is 297 g/mol. The van der Waals surface area contributed by atoms with Crippen LogP contribution < -0.4 is 4.74 Å². The van der Waals surface area contributed by atoms with Crippen molar-refractivity contribution in [2.24, 2.45) is 0 Å². The van der Waals surface area contributed by atoms with Gasteiger partial charge >= 0.3 is 0 Å². The Morgan fingerprint density at radius 3 is 2.74 bits per heavy atom. The van der Waals surface area contributed by atoms with E-state index in [1.54, 1.807) is 0 Å². The standard InChI is InChI=1S/C21H15NO/c1-2-5-17-14(4-1)13-19-18(17)6-3-7-21(19)23-16-8-9-20-15(12-16)10-11-22-20/h1-12,22H,13H2. The van der Waals surface area contributed by atoms with E-state index < -0.39 is 0 Å². The van der Waals surface area contributed by atoms with Crippen LogP contribution in [0.5, 0.6) is 11.5 Å². The molecule has 2 heteroatoms. The molecule has 0 saturated carbocycles. The van der Waals surface area contributed by atoms with Gasteiger partial charge in [-0.3, -0.25) is 0 Å². The summed E-state index contributed by atoms with van der Waals surface area (Å²) in [6.45, 7) is 0. The molecule has 0 aliphatic heterocycles. The fourth-order valence-corrected chi connectivity index (χ4v) is 3.45. The number of hydrogen-bond donors (Lipinski definition) is 1. The Labute approximate surface area is 134 Å². The number of aromatic nitrogens is 1. The van der Waals surface area contributed by atoms with Gasteiger partial charge in [0.1, 0.15) is 11.5 Å². The largest absolute Gasteiger partial charge is 0.457 e. The van der Waals surface area contributed by atoms with E-state index >= 15 is 0 Å². The van der Waals surface area contributed by atoms with Crippen molar-refractivity contribution in [3.05, 3.63) is 84.1 Å². The minimum atomic E-state index is 0.876. The molecule has 2 nitrogen and oxygen atoms in total. The van der Waals surface area contributed by atoms with Crippen LogP contribution in [0.25, 0.3) is 22.0 Å². The van der Waals surface area contributed by atoms with Crippen molar-refractivity contribution in [1.29, 1.82) is 0 Å². The van der Waals surface area contributed by atoms with E-state index in [0.717, 1.165) is 23.4 Å². The van der Waals surface area contributed by atoms with Gasteiger partial charge in [-0.1, -0.05) is 36.4 Å². The second kappa shape index (κ2) is 4.75. The molecule has 0 bridgehead atoms. The highest BCUT2D eigenvalue weighted by atomic mass is 16.5. The van der Waals surface area contributed by atoms with Crippen molar-refractivity contribution >= 4 is 10.9 Å². The van der Waals surface area contributed by atoms with Crippen LogP contribution in [0.2, 0.25) is 0 Å². The van der Waals surface area contributed by atoms with Crippen LogP contribution in [-0.4, -0.2) is 4.98 Å². The molecular formula is C21H15NO. The summed E-state index contributed by atoms with van der Waals surface area (Å²) < 4.78 is 6.22. The second-order valence-electron chi connectivity index (χ2n) is 5.94. The van der Waals surface area contributed by atoms with E-state index in [0.29, 0.717) is 0 Å². The van der Waals surface area contributed by atoms with Crippen LogP contribution in [0, 0.1) is 0 Å². The van der Waals surface area contributed by atoms with Crippen LogP contribution in [0.3, 0.4) is 0 Å². The lowest BCUT2D eigenvalue weighted by Crippen LogP contribution is -1.90. The Morgan fingerprint density at radius 2 is 1.74 bits per heavy atom. The van der Waals surface area contributed by atoms with Crippen molar-refractivity contribution in [1.82, 2.24) is 4.98 Å². The molecule has 0 unspecified atom stereocenters. The normalized spacial score (nSPS) is 12.2. The minimum absolute atomic E-state index is 0.876. The Bertz CT molecular complexity index is 1030. The number of rotatable bonds is 2. The molecule has 0 amide bonds. The molecule has 1 aromatic heterocycles. The number of aromatic amines is 1. The molecule has 3 aromatic carbocycles. The molecule has 0 radical (unpaired) electrons. The summed E-state index contributed by atoms with van der Waals surface area (Å²) in [6.07, 6.45) is 2.89. The summed E-state index contributed by atoms with van der Waals surface area (Å²) in [5.74, 6) is 1.83. The Balaban J connectivity index is 1.57. The molecule has 23 heavy (non-hydrogen) atoms. The smallest absolute Gasteiger partial charge is 0.131 e. The molecule has 1 N–H and O–H groups in total. The summed E-state index contributed by atoms with van der Waals surface area (Å²) >= 11 is 0. The third-order valence-corrected chi connectivity index (χ3v) is 4.56. The fraction of sp³-hybridized carbons (Fsp3) is 0.0476. The maximum absolute atomic E-state index is 6.22. The van der Waals surface area contributed by atoms with E-state index in [4.69, 9.17) is 4.74 Å². The van der Waals surface area contributed by atoms with Gasteiger partial charge in [0.25, 0.3) is 0 Å². The van der Waals surface area contributed by atoms with Crippen molar-refractivity contribution in [2.75, 3.05) is 0 Å². The molecule has 0 fully saturated rings. The maximum atomic E-state index is 6.22. The number of nitrogens with one attached hydrogen (secondary N) is 1. The minimum Gasteiger partial charge on any atom is -0.457 e. The van der Waals surface area contributed by atoms with Gasteiger partial charge in [-0.15, -0.1) is 0 Å². The molecule has 0 saturated heterocycles. The molecule has 4 aromatic rings. The Morgan fingerprint density at radius 1 is 0.826 bits per heavy atom. The SMILES string of the molecule is c1ccc2c(c1)Cc1c(Oc3ccc4[nH]ccc4c3)cccc1-2. The van der Waals surface area contributed by atoms with Gasteiger partial charge in [0.15, 0.2) is 0 Å². The molecular weight excluding hydrogens is 282 g/mol. The molecule has 1 aliphatic carbocycles. The molecule has 1 aliphatic rings. The molecule has 5 rings (SSSR count). The zero-order valence-corrected chi connectivity index (χ0v) is 12.5. The summed E-state index contributed by atoms with van der Waals surface area (Å²) in [7, 11) is 0. The van der Waals surface area contributed by atoms with Crippen LogP contribution in [0.4, 0.5) is 0 Å². The maximum Gasteiger partial charge on any atom is 0.131 e. The molecule has 1 heterocycles. The first kappa shape index (κ1) is 12.5. The topological polar surface area (TPSA) is 25.0 Å². The summed E-state index contributed by atoms with van der Waals surface area (Å²) in [6, 6.07) is 23.1. The van der Waals surface area contributed by atoms with E-state index in [1.807, 2.05) is 12.3 Å². The Hall–Kier alpha value is -3.00. The molecule has 0 spiro atoms. The molecule has 110 valence electrons. The Kier molecular flexibility index (Phi) is 2.59. The van der Waals surface area contributed by atoms with Crippen molar-refractivity contribution in [3.8, 4) is 22.6 Å². The van der Waals surface area contributed by atoms with E-state index in [-0.39, 0.29) is 0 Å². The average molecular weight is 297 g/mol. The van der Waals surface area contributed by atoms with E-state index in [9.17, 15) is 0 Å². The number of H-pyrrole nitrogens is 1. The third kappa shape index (κ3) is 1.95. The zero-order chi connectivity index (χ0) is 15.2. The van der Waals surface area contributed by atoms with Crippen LogP contribution in [0.15, 0.2) is 72.9 Å². The summed E-state index contributed by atoms with van der Waals surface area (Å²) in [5, 5.41) is 1.17. The van der Waals surface area contributed by atoms with E-state index in [2.05, 4.69) is 65.6 Å². The van der Waals surface area contributed by atoms with Crippen molar-refractivity contribution < 1.29 is 4.74 Å². The van der Waals surface area contributed by atoms with Gasteiger partial charge in [0.2, 0.25) is 0 Å². The average Bonchev–Trinajstić information content (AvgIpc) is 3.19. The zero-order valence-electron chi connectivity index (χ0n) is 12.5. The van der Waals surface area contributed by atoms with E-state index in [1.165, 1.54) is 27.6 Å². The highest BCUT2D eigenvalue weighted by molar-refractivity contribution is 5.81. The number of benzene rings is 3. The predicted molar refractivity (Wildman–Crippen MR) is 93.1 cm³/mol. The first-order valence-corrected chi connectivity index (χ1v) is 7.84. The summed E-state index contributed by atoms with van der Waals surface area (Å²) in [5.41, 5.74) is 6.40. The highest BCUT2D eigenvalue weighted by Gasteiger charge is 2.21. The lowest BCUT2D eigenvalue weighted by molar-refractivity contribution is 0.479. The van der Waals surface area contributed by atoms with Gasteiger partial charge in [-0.25, -0.2) is 0 Å². The van der Waals surface area contributed by atoms with Crippen LogP contribution >= 0.6 is 0 Å². The first-order valence-electron chi connectivity index (χ1n) is 7.84. The quantitative estimate of drug-likeness (QED) is 0.455. The van der Waals surface area contributed by atoms with Gasteiger partial charge in [0, 0.05) is 29.1 Å². The van der Waals surface area contributed by atoms with Gasteiger partial charge < -0.3 is 9.72 Å². The van der Waals surface area contributed by atoms with Crippen LogP contribution in [-0.2, 0) is 6.42 Å². The number of ether oxygens (including phenoxy) is 1. The number of fused-ring (bicyclic) bond motifs is 4. The van der Waals surface area contributed by atoms with Crippen molar-refractivity contribution in [2.45, 2.75) is 6.42 Å². The third-order valence-electron chi connectivity index (χ3n) is 4.56. The predicted octanol–water partition coefficient (Wildman–Crippen LogP) is 5.53. The second-order valence-corrected chi connectivity index (χ2v) is 5.94. The fourth-order valence-electron chi connectivity index (χ4n) is 3.45. The molecule has 0 atom stereocenters. The summed E-state index contributed by atoms with van der Waals surface area (Å²) in [4.78, 5) is 3.21. The van der Waals surface area contributed by atoms with Gasteiger partial charge in [-0.2, -0.15) is 0 Å².